The van der Waals surface area contributed by atoms with E-state index in [1.807, 2.05) is 24.0 Å². The molecule has 0 saturated carbocycles. The topological polar surface area (TPSA) is 84.5 Å². The van der Waals surface area contributed by atoms with E-state index in [1.165, 1.54) is 6.42 Å². The maximum absolute atomic E-state index is 9.06. The quantitative estimate of drug-likeness (QED) is 0.705. The number of fused-ring (bicyclic) bond motifs is 1. The van der Waals surface area contributed by atoms with Crippen LogP contribution in [0.2, 0.25) is 0 Å². The van der Waals surface area contributed by atoms with Crippen LogP contribution in [0.15, 0.2) is 24.5 Å². The van der Waals surface area contributed by atoms with Crippen molar-refractivity contribution in [2.45, 2.75) is 39.3 Å². The summed E-state index contributed by atoms with van der Waals surface area (Å²) in [5.41, 5.74) is 3.71. The van der Waals surface area contributed by atoms with Gasteiger partial charge >= 0.3 is 0 Å². The predicted molar refractivity (Wildman–Crippen MR) is 91.4 cm³/mol. The molecule has 0 spiro atoms. The molecule has 1 atom stereocenters. The minimum Gasteiger partial charge on any atom is -0.394 e. The van der Waals surface area contributed by atoms with Crippen LogP contribution < -0.4 is 0 Å². The van der Waals surface area contributed by atoms with Crippen LogP contribution >= 0.6 is 0 Å². The molecule has 24 heavy (non-hydrogen) atoms. The highest BCUT2D eigenvalue weighted by molar-refractivity contribution is 5.76. The number of allylic oxidation sites excluding steroid dienone is 2. The molecule has 1 aliphatic carbocycles. The van der Waals surface area contributed by atoms with Crippen LogP contribution in [0.25, 0.3) is 22.6 Å². The van der Waals surface area contributed by atoms with Crippen LogP contribution in [0.3, 0.4) is 0 Å². The van der Waals surface area contributed by atoms with E-state index < -0.39 is 0 Å². The first-order chi connectivity index (χ1) is 11.7. The Morgan fingerprint density at radius 2 is 2.29 bits per heavy atom. The molecule has 7 heteroatoms. The van der Waals surface area contributed by atoms with Gasteiger partial charge in [0.25, 0.3) is 0 Å². The van der Waals surface area contributed by atoms with Gasteiger partial charge in [-0.15, -0.1) is 0 Å². The first kappa shape index (κ1) is 15.1. The zero-order chi connectivity index (χ0) is 16.5. The summed E-state index contributed by atoms with van der Waals surface area (Å²) in [4.78, 5) is 8.10. The van der Waals surface area contributed by atoms with Gasteiger partial charge in [-0.25, -0.2) is 9.67 Å². The van der Waals surface area contributed by atoms with E-state index in [-0.39, 0.29) is 6.61 Å². The zero-order valence-electron chi connectivity index (χ0n) is 13.8. The van der Waals surface area contributed by atoms with Gasteiger partial charge in [-0.2, -0.15) is 10.2 Å². The lowest BCUT2D eigenvalue weighted by atomic mass is 9.94. The number of nitrogens with zero attached hydrogens (tertiary/aromatic N) is 5. The molecular weight excluding hydrogens is 304 g/mol. The summed E-state index contributed by atoms with van der Waals surface area (Å²) in [5.74, 6) is 1.44. The molecule has 7 nitrogen and oxygen atoms in total. The molecule has 0 fully saturated rings. The molecular formula is C17H22N6O. The standard InChI is InChI=1S/C17H22N6O/c1-12-14(11-22(21-12)7-8-24)16-19-15-9-18-23(17(15)20-16)10-13-5-3-2-4-6-13/h2-3,9,11,13,24H,4-8,10H2,1H3,(H,19,20). The summed E-state index contributed by atoms with van der Waals surface area (Å²) in [6, 6.07) is 0. The van der Waals surface area contributed by atoms with Crippen LogP contribution in [-0.2, 0) is 13.1 Å². The monoisotopic (exact) mass is 326 g/mol. The summed E-state index contributed by atoms with van der Waals surface area (Å²) in [6.45, 7) is 3.42. The molecule has 0 saturated heterocycles. The number of aromatic nitrogens is 6. The number of aliphatic hydroxyl groups excluding tert-OH is 1. The minimum atomic E-state index is 0.0749. The van der Waals surface area contributed by atoms with E-state index in [4.69, 9.17) is 10.1 Å². The Hall–Kier alpha value is -2.41. The van der Waals surface area contributed by atoms with Gasteiger partial charge in [-0.3, -0.25) is 4.68 Å². The number of H-pyrrole nitrogens is 1. The van der Waals surface area contributed by atoms with Gasteiger partial charge in [0.15, 0.2) is 5.65 Å². The molecule has 1 unspecified atom stereocenters. The first-order valence-electron chi connectivity index (χ1n) is 8.46. The van der Waals surface area contributed by atoms with Crippen molar-refractivity contribution in [3.63, 3.8) is 0 Å². The summed E-state index contributed by atoms with van der Waals surface area (Å²) in [5, 5.41) is 18.0. The van der Waals surface area contributed by atoms with Crippen molar-refractivity contribution in [3.8, 4) is 11.4 Å². The van der Waals surface area contributed by atoms with Crippen LogP contribution in [-0.4, -0.2) is 41.2 Å². The molecule has 0 aromatic carbocycles. The average molecular weight is 326 g/mol. The lowest BCUT2D eigenvalue weighted by molar-refractivity contribution is 0.269. The molecule has 1 aliphatic rings. The highest BCUT2D eigenvalue weighted by atomic mass is 16.3. The van der Waals surface area contributed by atoms with Crippen molar-refractivity contribution in [2.24, 2.45) is 5.92 Å². The largest absolute Gasteiger partial charge is 0.394 e. The van der Waals surface area contributed by atoms with E-state index >= 15 is 0 Å². The lowest BCUT2D eigenvalue weighted by Crippen LogP contribution is -2.13. The normalized spacial score (nSPS) is 17.8. The van der Waals surface area contributed by atoms with Crippen molar-refractivity contribution in [3.05, 3.63) is 30.2 Å². The number of rotatable bonds is 5. The smallest absolute Gasteiger partial charge is 0.176 e. The van der Waals surface area contributed by atoms with Gasteiger partial charge in [0.2, 0.25) is 0 Å². The van der Waals surface area contributed by atoms with Crippen molar-refractivity contribution >= 4 is 11.2 Å². The van der Waals surface area contributed by atoms with E-state index in [2.05, 4.69) is 27.3 Å². The summed E-state index contributed by atoms with van der Waals surface area (Å²) in [7, 11) is 0. The second kappa shape index (κ2) is 6.24. The molecule has 2 N–H and O–H groups in total. The van der Waals surface area contributed by atoms with Crippen LogP contribution in [0.4, 0.5) is 0 Å². The Morgan fingerprint density at radius 3 is 3.08 bits per heavy atom. The molecule has 0 aliphatic heterocycles. The van der Waals surface area contributed by atoms with E-state index in [1.54, 1.807) is 4.68 Å². The van der Waals surface area contributed by atoms with Crippen LogP contribution in [0.5, 0.6) is 0 Å². The number of aliphatic hydroxyl groups is 1. The molecule has 3 aromatic rings. The number of hydrogen-bond acceptors (Lipinski definition) is 4. The van der Waals surface area contributed by atoms with Gasteiger partial charge in [0.05, 0.1) is 30.6 Å². The fourth-order valence-electron chi connectivity index (χ4n) is 3.34. The van der Waals surface area contributed by atoms with Gasteiger partial charge in [-0.1, -0.05) is 12.2 Å². The number of hydrogen-bond donors (Lipinski definition) is 2. The van der Waals surface area contributed by atoms with E-state index in [0.717, 1.165) is 47.6 Å². The lowest BCUT2D eigenvalue weighted by Gasteiger charge is -2.17. The van der Waals surface area contributed by atoms with Gasteiger partial charge in [0, 0.05) is 12.7 Å². The molecule has 0 amide bonds. The van der Waals surface area contributed by atoms with Crippen molar-refractivity contribution in [1.82, 2.24) is 29.5 Å². The fourth-order valence-corrected chi connectivity index (χ4v) is 3.34. The Morgan fingerprint density at radius 1 is 1.38 bits per heavy atom. The van der Waals surface area contributed by atoms with Crippen LogP contribution in [0, 0.1) is 12.8 Å². The van der Waals surface area contributed by atoms with Gasteiger partial charge in [-0.05, 0) is 32.1 Å². The number of imidazole rings is 1. The Kier molecular flexibility index (Phi) is 3.93. The Balaban J connectivity index is 1.63. The second-order valence-electron chi connectivity index (χ2n) is 6.41. The third kappa shape index (κ3) is 2.75. The first-order valence-corrected chi connectivity index (χ1v) is 8.46. The average Bonchev–Trinajstić information content (AvgIpc) is 3.25. The zero-order valence-corrected chi connectivity index (χ0v) is 13.8. The Labute approximate surface area is 140 Å². The third-order valence-electron chi connectivity index (χ3n) is 4.62. The van der Waals surface area contributed by atoms with Gasteiger partial charge < -0.3 is 10.1 Å². The predicted octanol–water partition coefficient (Wildman–Crippen LogP) is 2.28. The Bertz CT molecular complexity index is 871. The number of nitrogens with one attached hydrogen (secondary N) is 1. The van der Waals surface area contributed by atoms with E-state index in [9.17, 15) is 0 Å². The van der Waals surface area contributed by atoms with E-state index in [0.29, 0.717) is 12.5 Å². The third-order valence-corrected chi connectivity index (χ3v) is 4.62. The highest BCUT2D eigenvalue weighted by Gasteiger charge is 2.17. The van der Waals surface area contributed by atoms with Crippen molar-refractivity contribution in [2.75, 3.05) is 6.61 Å². The number of aromatic amines is 1. The second-order valence-corrected chi connectivity index (χ2v) is 6.41. The summed E-state index contributed by atoms with van der Waals surface area (Å²) < 4.78 is 3.76. The SMILES string of the molecule is Cc1nn(CCO)cc1-c1nc2c(cnn2CC2CC=CCC2)[nH]1. The van der Waals surface area contributed by atoms with Crippen LogP contribution in [0.1, 0.15) is 25.0 Å². The molecule has 3 aromatic heterocycles. The van der Waals surface area contributed by atoms with Crippen molar-refractivity contribution < 1.29 is 5.11 Å². The molecule has 0 bridgehead atoms. The van der Waals surface area contributed by atoms with Gasteiger partial charge in [0.1, 0.15) is 11.3 Å². The number of aryl methyl sites for hydroxylation is 1. The maximum atomic E-state index is 9.06. The maximum Gasteiger partial charge on any atom is 0.176 e. The minimum absolute atomic E-state index is 0.0749. The highest BCUT2D eigenvalue weighted by Crippen LogP contribution is 2.25. The summed E-state index contributed by atoms with van der Waals surface area (Å²) in [6.07, 6.45) is 11.8. The molecule has 4 rings (SSSR count). The van der Waals surface area contributed by atoms with Crippen molar-refractivity contribution in [1.29, 1.82) is 0 Å². The fraction of sp³-hybridized carbons (Fsp3) is 0.471. The molecule has 3 heterocycles. The summed E-state index contributed by atoms with van der Waals surface area (Å²) >= 11 is 0. The molecule has 126 valence electrons. The molecule has 0 radical (unpaired) electrons.